The molecule has 2 nitrogen and oxygen atoms in total. The Balaban J connectivity index is 2.06. The van der Waals surface area contributed by atoms with Gasteiger partial charge in [0, 0.05) is 11.5 Å². The van der Waals surface area contributed by atoms with Crippen molar-refractivity contribution < 1.29 is 8.81 Å². The predicted molar refractivity (Wildman–Crippen MR) is 68.4 cm³/mol. The highest BCUT2D eigenvalue weighted by Gasteiger charge is 2.33. The second-order valence-electron chi connectivity index (χ2n) is 4.56. The van der Waals surface area contributed by atoms with Crippen LogP contribution in [-0.2, 0) is 0 Å². The topological polar surface area (TPSA) is 25.2 Å². The Bertz CT molecular complexity index is 523. The van der Waals surface area contributed by atoms with Crippen molar-refractivity contribution in [2.75, 3.05) is 7.05 Å². The van der Waals surface area contributed by atoms with Gasteiger partial charge in [0.1, 0.15) is 17.2 Å². The van der Waals surface area contributed by atoms with Crippen molar-refractivity contribution in [3.8, 4) is 0 Å². The Hall–Kier alpha value is -0.870. The maximum absolute atomic E-state index is 13.4. The first kappa shape index (κ1) is 11.2. The minimum atomic E-state index is -0.286. The molecule has 0 saturated heterocycles. The maximum Gasteiger partial charge on any atom is 0.141 e. The van der Waals surface area contributed by atoms with Gasteiger partial charge in [0.2, 0.25) is 0 Å². The Labute approximate surface area is 107 Å². The molecule has 1 aliphatic carbocycles. The Morgan fingerprint density at radius 1 is 1.41 bits per heavy atom. The lowest BCUT2D eigenvalue weighted by Crippen LogP contribution is -2.17. The molecule has 4 heteroatoms. The smallest absolute Gasteiger partial charge is 0.141 e. The summed E-state index contributed by atoms with van der Waals surface area (Å²) in [5.41, 5.74) is 0.613. The molecule has 1 aliphatic rings. The summed E-state index contributed by atoms with van der Waals surface area (Å²) >= 11 is 3.19. The zero-order valence-electron chi connectivity index (χ0n) is 9.47. The van der Waals surface area contributed by atoms with E-state index in [9.17, 15) is 4.39 Å². The van der Waals surface area contributed by atoms with Gasteiger partial charge in [-0.25, -0.2) is 4.39 Å². The van der Waals surface area contributed by atoms with E-state index in [0.717, 1.165) is 11.1 Å². The van der Waals surface area contributed by atoms with Crippen LogP contribution in [0.5, 0.6) is 0 Å². The van der Waals surface area contributed by atoms with Gasteiger partial charge in [-0.2, -0.15) is 0 Å². The summed E-state index contributed by atoms with van der Waals surface area (Å²) in [7, 11) is 1.94. The summed E-state index contributed by atoms with van der Waals surface area (Å²) in [5, 5.41) is 4.21. The first-order valence-electron chi connectivity index (χ1n) is 5.75. The number of hydrogen-bond acceptors (Lipinski definition) is 2. The van der Waals surface area contributed by atoms with Crippen LogP contribution < -0.4 is 5.32 Å². The van der Waals surface area contributed by atoms with E-state index in [4.69, 9.17) is 4.42 Å². The average Bonchev–Trinajstić information content (AvgIpc) is 3.03. The fourth-order valence-corrected chi connectivity index (χ4v) is 2.61. The SMILES string of the molecule is CNC(c1cc2cc(Br)c(F)cc2o1)C1CC1. The third kappa shape index (κ3) is 2.00. The van der Waals surface area contributed by atoms with Gasteiger partial charge >= 0.3 is 0 Å². The third-order valence-electron chi connectivity index (χ3n) is 3.29. The van der Waals surface area contributed by atoms with Crippen molar-refractivity contribution in [1.29, 1.82) is 0 Å². The lowest BCUT2D eigenvalue weighted by atomic mass is 10.1. The monoisotopic (exact) mass is 297 g/mol. The highest BCUT2D eigenvalue weighted by Crippen LogP contribution is 2.42. The maximum atomic E-state index is 13.4. The van der Waals surface area contributed by atoms with Crippen molar-refractivity contribution in [2.45, 2.75) is 18.9 Å². The minimum Gasteiger partial charge on any atom is -0.459 e. The molecule has 3 rings (SSSR count). The molecule has 0 spiro atoms. The highest BCUT2D eigenvalue weighted by molar-refractivity contribution is 9.10. The summed E-state index contributed by atoms with van der Waals surface area (Å²) in [5.74, 6) is 1.28. The van der Waals surface area contributed by atoms with E-state index in [1.54, 1.807) is 6.07 Å². The van der Waals surface area contributed by atoms with Crippen LogP contribution in [0.3, 0.4) is 0 Å². The first-order chi connectivity index (χ1) is 8.19. The van der Waals surface area contributed by atoms with Crippen LogP contribution in [0.2, 0.25) is 0 Å². The summed E-state index contributed by atoms with van der Waals surface area (Å²) in [6, 6.07) is 5.45. The molecule has 1 atom stereocenters. The fraction of sp³-hybridized carbons (Fsp3) is 0.385. The van der Waals surface area contributed by atoms with Gasteiger partial charge < -0.3 is 9.73 Å². The molecule has 1 fully saturated rings. The summed E-state index contributed by atoms with van der Waals surface area (Å²) < 4.78 is 19.6. The van der Waals surface area contributed by atoms with Crippen molar-refractivity contribution >= 4 is 26.9 Å². The molecule has 1 heterocycles. The van der Waals surface area contributed by atoms with Gasteiger partial charge in [-0.3, -0.25) is 0 Å². The molecule has 1 saturated carbocycles. The van der Waals surface area contributed by atoms with E-state index in [0.29, 0.717) is 16.0 Å². The number of benzene rings is 1. The molecule has 1 unspecified atom stereocenters. The highest BCUT2D eigenvalue weighted by atomic mass is 79.9. The molecular weight excluding hydrogens is 285 g/mol. The molecule has 0 aliphatic heterocycles. The molecule has 1 aromatic carbocycles. The molecule has 17 heavy (non-hydrogen) atoms. The molecular formula is C13H13BrFNO. The van der Waals surface area contributed by atoms with Crippen LogP contribution in [0.25, 0.3) is 11.0 Å². The van der Waals surface area contributed by atoms with Gasteiger partial charge in [0.05, 0.1) is 10.5 Å². The zero-order chi connectivity index (χ0) is 12.0. The normalized spacial score (nSPS) is 17.6. The van der Waals surface area contributed by atoms with Crippen LogP contribution in [0.1, 0.15) is 24.6 Å². The van der Waals surface area contributed by atoms with E-state index in [-0.39, 0.29) is 11.9 Å². The molecule has 2 aromatic rings. The van der Waals surface area contributed by atoms with E-state index >= 15 is 0 Å². The fourth-order valence-electron chi connectivity index (χ4n) is 2.25. The number of rotatable bonds is 3. The Morgan fingerprint density at radius 3 is 2.82 bits per heavy atom. The average molecular weight is 298 g/mol. The quantitative estimate of drug-likeness (QED) is 0.926. The lowest BCUT2D eigenvalue weighted by Gasteiger charge is -2.11. The summed E-state index contributed by atoms with van der Waals surface area (Å²) in [6.45, 7) is 0. The minimum absolute atomic E-state index is 0.254. The van der Waals surface area contributed by atoms with E-state index in [1.165, 1.54) is 18.9 Å². The number of fused-ring (bicyclic) bond motifs is 1. The van der Waals surface area contributed by atoms with Crippen LogP contribution in [0, 0.1) is 11.7 Å². The largest absolute Gasteiger partial charge is 0.459 e. The summed E-state index contributed by atoms with van der Waals surface area (Å²) in [6.07, 6.45) is 2.47. The van der Waals surface area contributed by atoms with Gasteiger partial charge in [0.15, 0.2) is 0 Å². The van der Waals surface area contributed by atoms with Crippen molar-refractivity contribution in [2.24, 2.45) is 5.92 Å². The second-order valence-corrected chi connectivity index (χ2v) is 5.41. The van der Waals surface area contributed by atoms with Crippen molar-refractivity contribution in [1.82, 2.24) is 5.32 Å². The van der Waals surface area contributed by atoms with Gasteiger partial charge in [0.25, 0.3) is 0 Å². The number of furan rings is 1. The van der Waals surface area contributed by atoms with Gasteiger partial charge in [-0.15, -0.1) is 0 Å². The molecule has 0 amide bonds. The molecule has 90 valence electrons. The van der Waals surface area contributed by atoms with E-state index in [2.05, 4.69) is 21.2 Å². The summed E-state index contributed by atoms with van der Waals surface area (Å²) in [4.78, 5) is 0. The van der Waals surface area contributed by atoms with Gasteiger partial charge in [-0.1, -0.05) is 0 Å². The van der Waals surface area contributed by atoms with Crippen molar-refractivity contribution in [3.05, 3.63) is 34.2 Å². The standard InChI is InChI=1S/C13H13BrFNO/c1-16-13(7-2-3-7)12-5-8-4-9(14)10(15)6-11(8)17-12/h4-7,13,16H,2-3H2,1H3. The zero-order valence-corrected chi connectivity index (χ0v) is 11.1. The Kier molecular flexibility index (Phi) is 2.71. The first-order valence-corrected chi connectivity index (χ1v) is 6.54. The number of hydrogen-bond donors (Lipinski definition) is 1. The van der Waals surface area contributed by atoms with E-state index in [1.807, 2.05) is 13.1 Å². The number of halogens is 2. The predicted octanol–water partition coefficient (Wildman–Crippen LogP) is 4.00. The van der Waals surface area contributed by atoms with Crippen LogP contribution in [0.4, 0.5) is 4.39 Å². The van der Waals surface area contributed by atoms with Crippen LogP contribution >= 0.6 is 15.9 Å². The Morgan fingerprint density at radius 2 is 2.18 bits per heavy atom. The van der Waals surface area contributed by atoms with Crippen LogP contribution in [0.15, 0.2) is 27.1 Å². The van der Waals surface area contributed by atoms with Crippen molar-refractivity contribution in [3.63, 3.8) is 0 Å². The van der Waals surface area contributed by atoms with E-state index < -0.39 is 0 Å². The molecule has 0 radical (unpaired) electrons. The second kappa shape index (κ2) is 4.10. The molecule has 0 bridgehead atoms. The third-order valence-corrected chi connectivity index (χ3v) is 3.90. The molecule has 1 N–H and O–H groups in total. The lowest BCUT2D eigenvalue weighted by molar-refractivity contribution is 0.419. The van der Waals surface area contributed by atoms with Crippen LogP contribution in [-0.4, -0.2) is 7.05 Å². The van der Waals surface area contributed by atoms with Gasteiger partial charge in [-0.05, 0) is 53.9 Å². The number of nitrogens with one attached hydrogen (secondary N) is 1. The molecule has 1 aromatic heterocycles.